The first-order valence-corrected chi connectivity index (χ1v) is 9.31. The molecule has 0 amide bonds. The molecule has 1 aliphatic heterocycles. The number of carbonyl (C=O) groups excluding carboxylic acids is 2. The summed E-state index contributed by atoms with van der Waals surface area (Å²) in [6, 6.07) is 8.31. The number of Topliss-reactive ketones (excluding diaryl/α,β-unsaturated/α-hetero) is 1. The van der Waals surface area contributed by atoms with Crippen molar-refractivity contribution in [1.82, 2.24) is 0 Å². The fourth-order valence-corrected chi connectivity index (χ4v) is 4.26. The molecule has 1 spiro atoms. The van der Waals surface area contributed by atoms with Gasteiger partial charge in [-0.25, -0.2) is 8.78 Å². The van der Waals surface area contributed by atoms with Gasteiger partial charge in [0.05, 0.1) is 0 Å². The third-order valence-corrected chi connectivity index (χ3v) is 5.81. The van der Waals surface area contributed by atoms with E-state index >= 15 is 0 Å². The SMILES string of the molecule is O=C1OC2(CCCCC2)C(=O)C1c1cc(-c2ccc(F)c(F)c2)ccc1Cl. The Morgan fingerprint density at radius 3 is 2.30 bits per heavy atom. The van der Waals surface area contributed by atoms with Crippen LogP contribution < -0.4 is 0 Å². The van der Waals surface area contributed by atoms with E-state index in [1.165, 1.54) is 6.07 Å². The van der Waals surface area contributed by atoms with Crippen LogP contribution >= 0.6 is 11.6 Å². The highest BCUT2D eigenvalue weighted by molar-refractivity contribution is 6.32. The van der Waals surface area contributed by atoms with Crippen molar-refractivity contribution >= 4 is 23.4 Å². The van der Waals surface area contributed by atoms with Crippen molar-refractivity contribution in [3.63, 3.8) is 0 Å². The summed E-state index contributed by atoms with van der Waals surface area (Å²) in [7, 11) is 0. The Hall–Kier alpha value is -2.27. The number of carbonyl (C=O) groups is 2. The number of halogens is 3. The lowest BCUT2D eigenvalue weighted by Crippen LogP contribution is -2.39. The average Bonchev–Trinajstić information content (AvgIpc) is 2.88. The zero-order valence-electron chi connectivity index (χ0n) is 14.4. The van der Waals surface area contributed by atoms with E-state index in [0.717, 1.165) is 31.4 Å². The molecule has 1 atom stereocenters. The van der Waals surface area contributed by atoms with E-state index in [0.29, 0.717) is 29.5 Å². The lowest BCUT2D eigenvalue weighted by molar-refractivity contribution is -0.154. The minimum Gasteiger partial charge on any atom is -0.450 e. The molecule has 1 unspecified atom stereocenters. The van der Waals surface area contributed by atoms with E-state index < -0.39 is 29.1 Å². The number of esters is 1. The number of hydrogen-bond donors (Lipinski definition) is 0. The predicted octanol–water partition coefficient (Wildman–Crippen LogP) is 5.20. The summed E-state index contributed by atoms with van der Waals surface area (Å²) < 4.78 is 32.3. The van der Waals surface area contributed by atoms with E-state index in [2.05, 4.69) is 0 Å². The number of hydrogen-bond acceptors (Lipinski definition) is 3. The molecule has 4 rings (SSSR count). The van der Waals surface area contributed by atoms with E-state index in [1.54, 1.807) is 18.2 Å². The first-order chi connectivity index (χ1) is 12.9. The van der Waals surface area contributed by atoms with Crippen molar-refractivity contribution in [3.05, 3.63) is 58.6 Å². The van der Waals surface area contributed by atoms with Crippen LogP contribution in [0, 0.1) is 11.6 Å². The molecule has 27 heavy (non-hydrogen) atoms. The van der Waals surface area contributed by atoms with Crippen LogP contribution in [0.5, 0.6) is 0 Å². The third kappa shape index (κ3) is 3.04. The van der Waals surface area contributed by atoms with Crippen LogP contribution in [0.1, 0.15) is 43.6 Å². The zero-order chi connectivity index (χ0) is 19.2. The maximum atomic E-state index is 13.6. The van der Waals surface area contributed by atoms with Crippen LogP contribution in [0.3, 0.4) is 0 Å². The number of ether oxygens (including phenoxy) is 1. The van der Waals surface area contributed by atoms with Crippen molar-refractivity contribution in [2.24, 2.45) is 0 Å². The van der Waals surface area contributed by atoms with Gasteiger partial charge >= 0.3 is 5.97 Å². The van der Waals surface area contributed by atoms with Crippen LogP contribution in [-0.4, -0.2) is 17.4 Å². The number of rotatable bonds is 2. The summed E-state index contributed by atoms with van der Waals surface area (Å²) in [5, 5.41) is 0.268. The lowest BCUT2D eigenvalue weighted by atomic mass is 9.78. The van der Waals surface area contributed by atoms with Gasteiger partial charge in [0.15, 0.2) is 23.0 Å². The van der Waals surface area contributed by atoms with Crippen molar-refractivity contribution < 1.29 is 23.1 Å². The minimum atomic E-state index is -1.08. The molecular formula is C21H17ClF2O3. The highest BCUT2D eigenvalue weighted by Gasteiger charge is 2.56. The first-order valence-electron chi connectivity index (χ1n) is 8.93. The summed E-state index contributed by atoms with van der Waals surface area (Å²) in [5.74, 6) is -3.84. The standard InChI is InChI=1S/C21H17ClF2O3/c22-15-6-4-12(13-5-7-16(23)17(24)11-13)10-14(15)18-19(25)21(27-20(18)26)8-2-1-3-9-21/h4-7,10-11,18H,1-3,8-9H2. The van der Waals surface area contributed by atoms with Gasteiger partial charge in [-0.2, -0.15) is 0 Å². The topological polar surface area (TPSA) is 43.4 Å². The molecule has 2 aromatic carbocycles. The smallest absolute Gasteiger partial charge is 0.322 e. The summed E-state index contributed by atoms with van der Waals surface area (Å²) in [5.41, 5.74) is 0.272. The maximum absolute atomic E-state index is 13.6. The molecule has 0 bridgehead atoms. The number of ketones is 1. The van der Waals surface area contributed by atoms with Gasteiger partial charge in [-0.3, -0.25) is 9.59 Å². The molecule has 0 radical (unpaired) electrons. The molecule has 1 aliphatic carbocycles. The maximum Gasteiger partial charge on any atom is 0.322 e. The van der Waals surface area contributed by atoms with Crippen molar-refractivity contribution in [2.45, 2.75) is 43.6 Å². The Morgan fingerprint density at radius 2 is 1.59 bits per heavy atom. The molecule has 1 saturated heterocycles. The average molecular weight is 391 g/mol. The summed E-state index contributed by atoms with van der Waals surface area (Å²) in [6.45, 7) is 0. The Morgan fingerprint density at radius 1 is 0.926 bits per heavy atom. The predicted molar refractivity (Wildman–Crippen MR) is 96.5 cm³/mol. The Bertz CT molecular complexity index is 935. The normalized spacial score (nSPS) is 21.5. The van der Waals surface area contributed by atoms with Gasteiger partial charge in [0, 0.05) is 5.02 Å². The van der Waals surface area contributed by atoms with Gasteiger partial charge in [-0.1, -0.05) is 30.2 Å². The first kappa shape index (κ1) is 18.1. The van der Waals surface area contributed by atoms with E-state index in [4.69, 9.17) is 16.3 Å². The van der Waals surface area contributed by atoms with Gasteiger partial charge in [0.2, 0.25) is 0 Å². The molecule has 2 aliphatic rings. The molecule has 1 heterocycles. The van der Waals surface area contributed by atoms with Gasteiger partial charge < -0.3 is 4.74 Å². The fourth-order valence-electron chi connectivity index (χ4n) is 4.03. The molecule has 0 N–H and O–H groups in total. The van der Waals surface area contributed by atoms with Gasteiger partial charge in [0.25, 0.3) is 0 Å². The molecule has 2 aromatic rings. The molecule has 2 fully saturated rings. The summed E-state index contributed by atoms with van der Waals surface area (Å²) >= 11 is 6.28. The molecular weight excluding hydrogens is 374 g/mol. The highest BCUT2D eigenvalue weighted by Crippen LogP contribution is 2.45. The van der Waals surface area contributed by atoms with Gasteiger partial charge in [0.1, 0.15) is 5.92 Å². The van der Waals surface area contributed by atoms with Crippen LogP contribution in [0.2, 0.25) is 5.02 Å². The third-order valence-electron chi connectivity index (χ3n) is 5.46. The van der Waals surface area contributed by atoms with Crippen molar-refractivity contribution in [1.29, 1.82) is 0 Å². The zero-order valence-corrected chi connectivity index (χ0v) is 15.2. The molecule has 140 valence electrons. The Balaban J connectivity index is 1.74. The van der Waals surface area contributed by atoms with Crippen molar-refractivity contribution in [3.8, 4) is 11.1 Å². The van der Waals surface area contributed by atoms with Crippen LogP contribution in [0.4, 0.5) is 8.78 Å². The molecule has 6 heteroatoms. The summed E-state index contributed by atoms with van der Waals surface area (Å²) in [4.78, 5) is 25.6. The van der Waals surface area contributed by atoms with Crippen LogP contribution in [0.25, 0.3) is 11.1 Å². The van der Waals surface area contributed by atoms with Gasteiger partial charge in [-0.05, 0) is 66.6 Å². The Labute approximate surface area is 160 Å². The molecule has 1 saturated carbocycles. The lowest BCUT2D eigenvalue weighted by Gasteiger charge is -2.29. The number of benzene rings is 2. The summed E-state index contributed by atoms with van der Waals surface area (Å²) in [6.07, 6.45) is 3.77. The van der Waals surface area contributed by atoms with Crippen LogP contribution in [-0.2, 0) is 14.3 Å². The molecule has 0 aromatic heterocycles. The largest absolute Gasteiger partial charge is 0.450 e. The van der Waals surface area contributed by atoms with Crippen molar-refractivity contribution in [2.75, 3.05) is 0 Å². The second kappa shape index (κ2) is 6.71. The molecule has 3 nitrogen and oxygen atoms in total. The monoisotopic (exact) mass is 390 g/mol. The van der Waals surface area contributed by atoms with E-state index in [9.17, 15) is 18.4 Å². The second-order valence-electron chi connectivity index (χ2n) is 7.14. The second-order valence-corrected chi connectivity index (χ2v) is 7.55. The Kier molecular flexibility index (Phi) is 4.50. The minimum absolute atomic E-state index is 0.253. The van der Waals surface area contributed by atoms with E-state index in [-0.39, 0.29) is 10.8 Å². The van der Waals surface area contributed by atoms with Crippen LogP contribution in [0.15, 0.2) is 36.4 Å². The highest BCUT2D eigenvalue weighted by atomic mass is 35.5. The van der Waals surface area contributed by atoms with Gasteiger partial charge in [-0.15, -0.1) is 0 Å². The van der Waals surface area contributed by atoms with E-state index in [1.807, 2.05) is 0 Å². The quantitative estimate of drug-likeness (QED) is 0.523. The fraction of sp³-hybridized carbons (Fsp3) is 0.333.